The van der Waals surface area contributed by atoms with Crippen molar-refractivity contribution in [1.29, 1.82) is 0 Å². The van der Waals surface area contributed by atoms with Crippen LogP contribution in [0.4, 0.5) is 5.69 Å². The third-order valence-electron chi connectivity index (χ3n) is 3.48. The highest BCUT2D eigenvalue weighted by Gasteiger charge is 2.19. The minimum Gasteiger partial charge on any atom is -0.465 e. The number of nitrogens with one attached hydrogen (secondary N) is 2. The Morgan fingerprint density at radius 3 is 2.54 bits per heavy atom. The summed E-state index contributed by atoms with van der Waals surface area (Å²) < 4.78 is 4.71. The molecule has 0 aliphatic rings. The number of hydrogen-bond acceptors (Lipinski definition) is 5. The molecule has 24 heavy (non-hydrogen) atoms. The number of hydrogen-bond donors (Lipinski definition) is 2. The summed E-state index contributed by atoms with van der Waals surface area (Å²) in [6.45, 7) is 3.32. The maximum atomic E-state index is 12.3. The molecule has 126 valence electrons. The van der Waals surface area contributed by atoms with Gasteiger partial charge in [0.2, 0.25) is 5.91 Å². The molecule has 0 bridgehead atoms. The molecule has 2 rings (SSSR count). The van der Waals surface area contributed by atoms with E-state index < -0.39 is 12.0 Å². The zero-order valence-electron chi connectivity index (χ0n) is 13.6. The van der Waals surface area contributed by atoms with Crippen LogP contribution in [0.2, 0.25) is 0 Å². The first-order valence-corrected chi connectivity index (χ1v) is 8.15. The molecule has 0 aliphatic heterocycles. The molecule has 2 aromatic rings. The monoisotopic (exact) mass is 346 g/mol. The zero-order valence-corrected chi connectivity index (χ0v) is 14.4. The Morgan fingerprint density at radius 1 is 1.17 bits per heavy atom. The minimum absolute atomic E-state index is 0.298. The van der Waals surface area contributed by atoms with Gasteiger partial charge in [0.1, 0.15) is 6.04 Å². The summed E-state index contributed by atoms with van der Waals surface area (Å²) >= 11 is 1.30. The summed E-state index contributed by atoms with van der Waals surface area (Å²) in [5.41, 5.74) is 1.49. The van der Waals surface area contributed by atoms with Crippen molar-refractivity contribution in [3.05, 3.63) is 51.7 Å². The van der Waals surface area contributed by atoms with Crippen molar-refractivity contribution in [2.24, 2.45) is 0 Å². The van der Waals surface area contributed by atoms with E-state index in [9.17, 15) is 14.4 Å². The summed E-state index contributed by atoms with van der Waals surface area (Å²) in [6, 6.07) is 7.71. The van der Waals surface area contributed by atoms with Gasteiger partial charge in [-0.2, -0.15) is 0 Å². The van der Waals surface area contributed by atoms with Crippen LogP contribution in [0.5, 0.6) is 0 Å². The third kappa shape index (κ3) is 3.99. The fraction of sp³-hybridized carbons (Fsp3) is 0.235. The predicted molar refractivity (Wildman–Crippen MR) is 92.4 cm³/mol. The maximum absolute atomic E-state index is 12.3. The quantitative estimate of drug-likeness (QED) is 0.815. The molecule has 0 radical (unpaired) electrons. The van der Waals surface area contributed by atoms with Crippen LogP contribution in [0.3, 0.4) is 0 Å². The maximum Gasteiger partial charge on any atom is 0.338 e. The second-order valence-corrected chi connectivity index (χ2v) is 6.08. The van der Waals surface area contributed by atoms with Crippen LogP contribution < -0.4 is 10.6 Å². The summed E-state index contributed by atoms with van der Waals surface area (Å²) in [5.74, 6) is -1.14. The number of benzene rings is 1. The number of anilines is 1. The molecule has 7 heteroatoms. The Kier molecular flexibility index (Phi) is 5.70. The van der Waals surface area contributed by atoms with Crippen LogP contribution >= 0.6 is 11.3 Å². The lowest BCUT2D eigenvalue weighted by atomic mass is 10.1. The van der Waals surface area contributed by atoms with Crippen LogP contribution in [-0.2, 0) is 9.53 Å². The average Bonchev–Trinajstić information content (AvgIpc) is 3.10. The number of ether oxygens (including phenoxy) is 1. The van der Waals surface area contributed by atoms with Crippen LogP contribution in [-0.4, -0.2) is 30.9 Å². The van der Waals surface area contributed by atoms with Gasteiger partial charge in [-0.1, -0.05) is 12.1 Å². The molecule has 0 saturated carbocycles. The SMILES string of the molecule is COC(=O)c1cccc(NC(=O)C(C)NC(=O)c2cccs2)c1C. The van der Waals surface area contributed by atoms with E-state index in [1.54, 1.807) is 49.6 Å². The third-order valence-corrected chi connectivity index (χ3v) is 4.35. The first kappa shape index (κ1) is 17.7. The van der Waals surface area contributed by atoms with Gasteiger partial charge in [-0.15, -0.1) is 11.3 Å². The van der Waals surface area contributed by atoms with Gasteiger partial charge < -0.3 is 15.4 Å². The average molecular weight is 346 g/mol. The molecule has 1 aromatic heterocycles. The largest absolute Gasteiger partial charge is 0.465 e. The smallest absolute Gasteiger partial charge is 0.338 e. The van der Waals surface area contributed by atoms with E-state index in [-0.39, 0.29) is 11.8 Å². The lowest BCUT2D eigenvalue weighted by Crippen LogP contribution is -2.41. The molecule has 6 nitrogen and oxygen atoms in total. The van der Waals surface area contributed by atoms with Crippen molar-refractivity contribution < 1.29 is 19.1 Å². The second kappa shape index (κ2) is 7.74. The van der Waals surface area contributed by atoms with Crippen molar-refractivity contribution in [3.8, 4) is 0 Å². The Bertz CT molecular complexity index is 756. The van der Waals surface area contributed by atoms with Gasteiger partial charge in [-0.3, -0.25) is 9.59 Å². The number of methoxy groups -OCH3 is 1. The fourth-order valence-corrected chi connectivity index (χ4v) is 2.71. The van der Waals surface area contributed by atoms with E-state index in [0.29, 0.717) is 21.7 Å². The van der Waals surface area contributed by atoms with Gasteiger partial charge in [0.25, 0.3) is 5.91 Å². The Labute approximate surface area is 143 Å². The lowest BCUT2D eigenvalue weighted by Gasteiger charge is -2.16. The predicted octanol–water partition coefficient (Wildman–Crippen LogP) is 2.60. The molecule has 1 heterocycles. The normalized spacial score (nSPS) is 11.5. The van der Waals surface area contributed by atoms with E-state index in [2.05, 4.69) is 10.6 Å². The highest BCUT2D eigenvalue weighted by atomic mass is 32.1. The van der Waals surface area contributed by atoms with E-state index in [4.69, 9.17) is 4.74 Å². The number of amides is 2. The van der Waals surface area contributed by atoms with Gasteiger partial charge >= 0.3 is 5.97 Å². The number of carbonyl (C=O) groups excluding carboxylic acids is 3. The minimum atomic E-state index is -0.721. The molecule has 0 aliphatic carbocycles. The Balaban J connectivity index is 2.06. The number of carbonyl (C=O) groups is 3. The molecule has 0 saturated heterocycles. The number of esters is 1. The molecular formula is C17H18N2O4S. The summed E-state index contributed by atoms with van der Waals surface area (Å²) in [6.07, 6.45) is 0. The highest BCUT2D eigenvalue weighted by Crippen LogP contribution is 2.20. The zero-order chi connectivity index (χ0) is 17.7. The van der Waals surface area contributed by atoms with Gasteiger partial charge in [0.15, 0.2) is 0 Å². The Hall–Kier alpha value is -2.67. The van der Waals surface area contributed by atoms with Crippen LogP contribution in [0, 0.1) is 6.92 Å². The number of thiophene rings is 1. The fourth-order valence-electron chi connectivity index (χ4n) is 2.08. The van der Waals surface area contributed by atoms with Crippen LogP contribution in [0.1, 0.15) is 32.5 Å². The first-order chi connectivity index (χ1) is 11.4. The second-order valence-electron chi connectivity index (χ2n) is 5.13. The van der Waals surface area contributed by atoms with E-state index in [1.807, 2.05) is 0 Å². The molecule has 0 fully saturated rings. The van der Waals surface area contributed by atoms with E-state index >= 15 is 0 Å². The van der Waals surface area contributed by atoms with Crippen molar-refractivity contribution in [2.75, 3.05) is 12.4 Å². The highest BCUT2D eigenvalue weighted by molar-refractivity contribution is 7.12. The van der Waals surface area contributed by atoms with Gasteiger partial charge in [0, 0.05) is 5.69 Å². The summed E-state index contributed by atoms with van der Waals surface area (Å²) in [4.78, 5) is 36.5. The van der Waals surface area contributed by atoms with Crippen molar-refractivity contribution in [3.63, 3.8) is 0 Å². The summed E-state index contributed by atoms with van der Waals surface area (Å²) in [5, 5.41) is 7.15. The van der Waals surface area contributed by atoms with Gasteiger partial charge in [0.05, 0.1) is 17.6 Å². The van der Waals surface area contributed by atoms with Crippen molar-refractivity contribution in [1.82, 2.24) is 5.32 Å². The molecule has 2 amide bonds. The van der Waals surface area contributed by atoms with Crippen molar-refractivity contribution >= 4 is 34.8 Å². The van der Waals surface area contributed by atoms with Gasteiger partial charge in [-0.25, -0.2) is 4.79 Å². The molecule has 1 unspecified atom stereocenters. The summed E-state index contributed by atoms with van der Waals surface area (Å²) in [7, 11) is 1.30. The molecular weight excluding hydrogens is 328 g/mol. The molecule has 2 N–H and O–H groups in total. The topological polar surface area (TPSA) is 84.5 Å². The molecule has 1 aromatic carbocycles. The Morgan fingerprint density at radius 2 is 1.92 bits per heavy atom. The standard InChI is InChI=1S/C17H18N2O4S/c1-10-12(17(22)23-3)6-4-7-13(10)19-15(20)11(2)18-16(21)14-8-5-9-24-14/h4-9,11H,1-3H3,(H,18,21)(H,19,20). The van der Waals surface area contributed by atoms with Crippen molar-refractivity contribution in [2.45, 2.75) is 19.9 Å². The van der Waals surface area contributed by atoms with E-state index in [0.717, 1.165) is 0 Å². The van der Waals surface area contributed by atoms with Crippen LogP contribution in [0.15, 0.2) is 35.7 Å². The van der Waals surface area contributed by atoms with Gasteiger partial charge in [-0.05, 0) is 43.0 Å². The molecule has 0 spiro atoms. The lowest BCUT2D eigenvalue weighted by molar-refractivity contribution is -0.117. The first-order valence-electron chi connectivity index (χ1n) is 7.27. The molecule has 1 atom stereocenters. The van der Waals surface area contributed by atoms with E-state index in [1.165, 1.54) is 18.4 Å². The van der Waals surface area contributed by atoms with Crippen LogP contribution in [0.25, 0.3) is 0 Å². The number of rotatable bonds is 5.